The molecule has 0 spiro atoms. The third kappa shape index (κ3) is 4.44. The second kappa shape index (κ2) is 7.43. The lowest BCUT2D eigenvalue weighted by molar-refractivity contribution is 0.0953. The van der Waals surface area contributed by atoms with Gasteiger partial charge >= 0.3 is 0 Å². The highest BCUT2D eigenvalue weighted by Crippen LogP contribution is 2.21. The van der Waals surface area contributed by atoms with Crippen LogP contribution in [0.2, 0.25) is 0 Å². The molecule has 0 saturated carbocycles. The predicted octanol–water partition coefficient (Wildman–Crippen LogP) is 1.79. The molecule has 116 valence electrons. The highest BCUT2D eigenvalue weighted by molar-refractivity contribution is 5.93. The summed E-state index contributed by atoms with van der Waals surface area (Å²) in [6.07, 6.45) is 2.59. The molecule has 1 heterocycles. The van der Waals surface area contributed by atoms with E-state index in [1.165, 1.54) is 12.8 Å². The highest BCUT2D eigenvalue weighted by Gasteiger charge is 2.22. The number of likely N-dealkylation sites (tertiary alicyclic amines) is 1. The summed E-state index contributed by atoms with van der Waals surface area (Å²) in [6.45, 7) is 7.35. The molecule has 2 unspecified atom stereocenters. The molecule has 0 bridgehead atoms. The maximum atomic E-state index is 11.3. The van der Waals surface area contributed by atoms with Crippen molar-refractivity contribution < 1.29 is 9.53 Å². The van der Waals surface area contributed by atoms with E-state index in [9.17, 15) is 4.79 Å². The summed E-state index contributed by atoms with van der Waals surface area (Å²) < 4.78 is 5.76. The number of nitrogens with two attached hydrogens (primary N) is 1. The lowest BCUT2D eigenvalue weighted by atomic mass is 9.95. The molecule has 0 radical (unpaired) electrons. The molecule has 1 aromatic rings. The van der Waals surface area contributed by atoms with Gasteiger partial charge in [0.2, 0.25) is 0 Å². The first-order chi connectivity index (χ1) is 10.1. The van der Waals surface area contributed by atoms with Crippen LogP contribution in [0, 0.1) is 5.92 Å². The Morgan fingerprint density at radius 1 is 1.33 bits per heavy atom. The number of hydrazine groups is 1. The van der Waals surface area contributed by atoms with E-state index >= 15 is 0 Å². The summed E-state index contributed by atoms with van der Waals surface area (Å²) in [4.78, 5) is 13.8. The van der Waals surface area contributed by atoms with Gasteiger partial charge in [0, 0.05) is 24.7 Å². The highest BCUT2D eigenvalue weighted by atomic mass is 16.5. The van der Waals surface area contributed by atoms with Crippen LogP contribution in [-0.4, -0.2) is 36.5 Å². The number of amides is 1. The van der Waals surface area contributed by atoms with Crippen LogP contribution in [0.25, 0.3) is 0 Å². The molecule has 0 aromatic heterocycles. The molecular weight excluding hydrogens is 266 g/mol. The van der Waals surface area contributed by atoms with Crippen LogP contribution < -0.4 is 16.0 Å². The molecule has 1 amide bonds. The minimum atomic E-state index is -0.294. The Morgan fingerprint density at radius 2 is 2.05 bits per heavy atom. The minimum absolute atomic E-state index is 0.294. The zero-order valence-corrected chi connectivity index (χ0v) is 12.8. The summed E-state index contributed by atoms with van der Waals surface area (Å²) in [6, 6.07) is 7.66. The molecule has 1 aliphatic rings. The van der Waals surface area contributed by atoms with Crippen LogP contribution in [0.5, 0.6) is 5.75 Å². The third-order valence-corrected chi connectivity index (χ3v) is 4.14. The number of nitrogen functional groups attached to an aromatic ring is 1. The molecule has 2 rings (SSSR count). The van der Waals surface area contributed by atoms with Gasteiger partial charge in [-0.3, -0.25) is 15.1 Å². The fraction of sp³-hybridized carbons (Fsp3) is 0.562. The molecule has 1 aromatic carbocycles. The van der Waals surface area contributed by atoms with Crippen LogP contribution >= 0.6 is 0 Å². The molecule has 2 atom stereocenters. The Morgan fingerprint density at radius 3 is 2.71 bits per heavy atom. The first kappa shape index (κ1) is 15.8. The Balaban J connectivity index is 1.79. The number of piperidine rings is 1. The number of hydrogen-bond acceptors (Lipinski definition) is 4. The number of rotatable bonds is 5. The van der Waals surface area contributed by atoms with E-state index in [2.05, 4.69) is 24.2 Å². The largest absolute Gasteiger partial charge is 0.492 e. The van der Waals surface area contributed by atoms with Crippen molar-refractivity contribution in [2.75, 3.05) is 19.7 Å². The number of nitrogens with one attached hydrogen (secondary N) is 1. The minimum Gasteiger partial charge on any atom is -0.492 e. The Kier molecular flexibility index (Phi) is 5.59. The first-order valence-corrected chi connectivity index (χ1v) is 7.58. The second-order valence-corrected chi connectivity index (χ2v) is 5.87. The van der Waals surface area contributed by atoms with E-state index in [-0.39, 0.29) is 5.91 Å². The maximum absolute atomic E-state index is 11.3. The molecule has 3 N–H and O–H groups in total. The molecule has 5 nitrogen and oxygen atoms in total. The van der Waals surface area contributed by atoms with E-state index in [0.717, 1.165) is 24.8 Å². The van der Waals surface area contributed by atoms with E-state index in [0.29, 0.717) is 18.2 Å². The normalized spacial score (nSPS) is 22.8. The van der Waals surface area contributed by atoms with Crippen molar-refractivity contribution in [1.29, 1.82) is 0 Å². The Bertz CT molecular complexity index is 461. The number of benzene rings is 1. The first-order valence-electron chi connectivity index (χ1n) is 7.58. The van der Waals surface area contributed by atoms with Gasteiger partial charge in [-0.25, -0.2) is 5.84 Å². The third-order valence-electron chi connectivity index (χ3n) is 4.14. The zero-order chi connectivity index (χ0) is 15.2. The quantitative estimate of drug-likeness (QED) is 0.493. The molecule has 1 aliphatic heterocycles. The van der Waals surface area contributed by atoms with Crippen molar-refractivity contribution in [3.05, 3.63) is 29.8 Å². The van der Waals surface area contributed by atoms with E-state index in [1.54, 1.807) is 24.3 Å². The van der Waals surface area contributed by atoms with E-state index in [4.69, 9.17) is 10.6 Å². The lowest BCUT2D eigenvalue weighted by Gasteiger charge is -2.36. The van der Waals surface area contributed by atoms with Gasteiger partial charge in [0.15, 0.2) is 0 Å². The van der Waals surface area contributed by atoms with Crippen molar-refractivity contribution in [3.8, 4) is 5.75 Å². The standard InChI is InChI=1S/C16H25N3O2/c1-12-3-4-13(2)19(11-12)9-10-21-15-7-5-14(6-8-15)16(20)18-17/h5-8,12-13H,3-4,9-11,17H2,1-2H3,(H,18,20). The van der Waals surface area contributed by atoms with Crippen LogP contribution in [0.1, 0.15) is 37.0 Å². The molecule has 1 saturated heterocycles. The van der Waals surface area contributed by atoms with Crippen LogP contribution in [0.3, 0.4) is 0 Å². The number of ether oxygens (including phenoxy) is 1. The number of carbonyl (C=O) groups is 1. The van der Waals surface area contributed by atoms with Gasteiger partial charge in [0.05, 0.1) is 0 Å². The van der Waals surface area contributed by atoms with Crippen molar-refractivity contribution in [2.45, 2.75) is 32.7 Å². The number of carbonyl (C=O) groups excluding carboxylic acids is 1. The average molecular weight is 291 g/mol. The number of hydrogen-bond donors (Lipinski definition) is 2. The monoisotopic (exact) mass is 291 g/mol. The SMILES string of the molecule is CC1CCC(C)N(CCOc2ccc(C(=O)NN)cc2)C1. The smallest absolute Gasteiger partial charge is 0.265 e. The fourth-order valence-corrected chi connectivity index (χ4v) is 2.76. The van der Waals surface area contributed by atoms with Gasteiger partial charge in [-0.15, -0.1) is 0 Å². The van der Waals surface area contributed by atoms with Crippen LogP contribution in [0.15, 0.2) is 24.3 Å². The molecule has 1 fully saturated rings. The van der Waals surface area contributed by atoms with Gasteiger partial charge in [-0.05, 0) is 49.9 Å². The second-order valence-electron chi connectivity index (χ2n) is 5.87. The maximum Gasteiger partial charge on any atom is 0.265 e. The van der Waals surface area contributed by atoms with Gasteiger partial charge in [0.1, 0.15) is 12.4 Å². The van der Waals surface area contributed by atoms with E-state index < -0.39 is 0 Å². The Hall–Kier alpha value is -1.59. The topological polar surface area (TPSA) is 67.6 Å². The molecule has 5 heteroatoms. The van der Waals surface area contributed by atoms with Gasteiger partial charge in [0.25, 0.3) is 5.91 Å². The van der Waals surface area contributed by atoms with E-state index in [1.807, 2.05) is 0 Å². The van der Waals surface area contributed by atoms with Crippen molar-refractivity contribution in [3.63, 3.8) is 0 Å². The lowest BCUT2D eigenvalue weighted by Crippen LogP contribution is -2.43. The summed E-state index contributed by atoms with van der Waals surface area (Å²) in [5.74, 6) is 6.35. The fourth-order valence-electron chi connectivity index (χ4n) is 2.76. The molecule has 21 heavy (non-hydrogen) atoms. The summed E-state index contributed by atoms with van der Waals surface area (Å²) in [5, 5.41) is 0. The van der Waals surface area contributed by atoms with Crippen molar-refractivity contribution in [1.82, 2.24) is 10.3 Å². The van der Waals surface area contributed by atoms with Crippen LogP contribution in [-0.2, 0) is 0 Å². The van der Waals surface area contributed by atoms with Crippen molar-refractivity contribution >= 4 is 5.91 Å². The summed E-state index contributed by atoms with van der Waals surface area (Å²) in [5.41, 5.74) is 2.64. The molecule has 0 aliphatic carbocycles. The predicted molar refractivity (Wildman–Crippen MR) is 83.0 cm³/mol. The molecular formula is C16H25N3O2. The zero-order valence-electron chi connectivity index (χ0n) is 12.8. The van der Waals surface area contributed by atoms with Gasteiger partial charge in [-0.2, -0.15) is 0 Å². The number of nitrogens with zero attached hydrogens (tertiary/aromatic N) is 1. The van der Waals surface area contributed by atoms with Gasteiger partial charge in [-0.1, -0.05) is 6.92 Å². The Labute approximate surface area is 126 Å². The summed E-state index contributed by atoms with van der Waals surface area (Å²) in [7, 11) is 0. The van der Waals surface area contributed by atoms with Crippen LogP contribution in [0.4, 0.5) is 0 Å². The van der Waals surface area contributed by atoms with Gasteiger partial charge < -0.3 is 4.74 Å². The average Bonchev–Trinajstić information content (AvgIpc) is 2.50. The summed E-state index contributed by atoms with van der Waals surface area (Å²) >= 11 is 0. The van der Waals surface area contributed by atoms with Crippen molar-refractivity contribution in [2.24, 2.45) is 11.8 Å².